The molecule has 25 heavy (non-hydrogen) atoms. The smallest absolute Gasteiger partial charge is 0.260 e. The molecule has 1 aromatic rings. The minimum atomic E-state index is -1.34. The Morgan fingerprint density at radius 3 is 2.56 bits per heavy atom. The summed E-state index contributed by atoms with van der Waals surface area (Å²) in [7, 11) is 1.85. The molecule has 2 heterocycles. The van der Waals surface area contributed by atoms with E-state index in [1.54, 1.807) is 4.90 Å². The lowest BCUT2D eigenvalue weighted by Crippen LogP contribution is -2.51. The number of nitrogens with zero attached hydrogens (tertiary/aromatic N) is 2. The van der Waals surface area contributed by atoms with Gasteiger partial charge >= 0.3 is 0 Å². The van der Waals surface area contributed by atoms with Crippen molar-refractivity contribution < 1.29 is 9.90 Å². The van der Waals surface area contributed by atoms with Crippen LogP contribution in [0.15, 0.2) is 17.5 Å². The minimum absolute atomic E-state index is 0. The summed E-state index contributed by atoms with van der Waals surface area (Å²) in [6.07, 6.45) is 7.86. The van der Waals surface area contributed by atoms with E-state index in [1.165, 1.54) is 30.6 Å². The van der Waals surface area contributed by atoms with Crippen molar-refractivity contribution in [2.24, 2.45) is 5.92 Å². The molecule has 1 aliphatic carbocycles. The van der Waals surface area contributed by atoms with Gasteiger partial charge in [-0.3, -0.25) is 4.79 Å². The van der Waals surface area contributed by atoms with E-state index >= 15 is 0 Å². The molecule has 1 aliphatic heterocycles. The summed E-state index contributed by atoms with van der Waals surface area (Å²) in [4.78, 5) is 18.2. The molecule has 0 spiro atoms. The number of likely N-dealkylation sites (tertiary alicyclic amines) is 1. The molecule has 1 atom stereocenters. The Balaban J connectivity index is 0.00000225. The zero-order chi connectivity index (χ0) is 17.0. The third-order valence-corrected chi connectivity index (χ3v) is 6.71. The lowest BCUT2D eigenvalue weighted by Gasteiger charge is -2.39. The fourth-order valence-corrected chi connectivity index (χ4v) is 5.08. The summed E-state index contributed by atoms with van der Waals surface area (Å²) in [6.45, 7) is 3.88. The Bertz CT molecular complexity index is 528. The fraction of sp³-hybridized carbons (Fsp3) is 0.737. The number of hydrogen-bond acceptors (Lipinski definition) is 4. The number of carbonyl (C=O) groups is 1. The van der Waals surface area contributed by atoms with Crippen LogP contribution in [0.4, 0.5) is 0 Å². The quantitative estimate of drug-likeness (QED) is 0.748. The average Bonchev–Trinajstić information content (AvgIpc) is 3.32. The first-order valence-electron chi connectivity index (χ1n) is 9.36. The van der Waals surface area contributed by atoms with Crippen molar-refractivity contribution in [3.05, 3.63) is 22.4 Å². The van der Waals surface area contributed by atoms with Crippen molar-refractivity contribution in [3.63, 3.8) is 0 Å². The van der Waals surface area contributed by atoms with Gasteiger partial charge < -0.3 is 14.9 Å². The second-order valence-corrected chi connectivity index (χ2v) is 8.30. The van der Waals surface area contributed by atoms with E-state index in [0.29, 0.717) is 6.54 Å². The van der Waals surface area contributed by atoms with Crippen molar-refractivity contribution >= 4 is 34.2 Å². The first-order valence-corrected chi connectivity index (χ1v) is 10.2. The SMILES string of the molecule is Br.CN(CCN1CCCC1)C(=O)C(O)(c1cccs1)C1CCCCC1. The Labute approximate surface area is 166 Å². The molecule has 0 radical (unpaired) electrons. The molecule has 0 aromatic carbocycles. The van der Waals surface area contributed by atoms with E-state index in [1.807, 2.05) is 24.6 Å². The van der Waals surface area contributed by atoms with Gasteiger partial charge in [-0.15, -0.1) is 28.3 Å². The number of thiophene rings is 1. The molecular formula is C19H31BrN2O2S. The van der Waals surface area contributed by atoms with Gasteiger partial charge in [0.15, 0.2) is 5.60 Å². The summed E-state index contributed by atoms with van der Waals surface area (Å²) in [6, 6.07) is 3.86. The van der Waals surface area contributed by atoms with Gasteiger partial charge in [-0.2, -0.15) is 0 Å². The summed E-state index contributed by atoms with van der Waals surface area (Å²) < 4.78 is 0. The Morgan fingerprint density at radius 2 is 1.96 bits per heavy atom. The third-order valence-electron chi connectivity index (χ3n) is 5.72. The maximum atomic E-state index is 13.2. The molecule has 0 bridgehead atoms. The summed E-state index contributed by atoms with van der Waals surface area (Å²) in [5, 5.41) is 13.5. The molecule has 1 N–H and O–H groups in total. The minimum Gasteiger partial charge on any atom is -0.374 e. The van der Waals surface area contributed by atoms with Crippen LogP contribution in [-0.4, -0.2) is 54.0 Å². The molecule has 142 valence electrons. The highest BCUT2D eigenvalue weighted by atomic mass is 79.9. The largest absolute Gasteiger partial charge is 0.374 e. The van der Waals surface area contributed by atoms with Gasteiger partial charge in [0.2, 0.25) is 0 Å². The first kappa shape index (κ1) is 20.9. The lowest BCUT2D eigenvalue weighted by molar-refractivity contribution is -0.159. The van der Waals surface area contributed by atoms with Crippen LogP contribution in [0, 0.1) is 5.92 Å². The standard InChI is InChI=1S/C19H30N2O2S.BrH/c1-20(13-14-21-11-5-6-12-21)18(22)19(23,17-10-7-15-24-17)16-8-3-2-4-9-16;/h7,10,15-16,23H,2-6,8-9,11-14H2,1H3;1H. The molecule has 2 fully saturated rings. The predicted octanol–water partition coefficient (Wildman–Crippen LogP) is 3.65. The second-order valence-electron chi connectivity index (χ2n) is 7.35. The number of carbonyl (C=O) groups excluding carboxylic acids is 1. The highest BCUT2D eigenvalue weighted by Crippen LogP contribution is 2.42. The molecule has 1 aromatic heterocycles. The number of aliphatic hydroxyl groups is 1. The van der Waals surface area contributed by atoms with E-state index < -0.39 is 5.60 Å². The van der Waals surface area contributed by atoms with Crippen molar-refractivity contribution in [2.75, 3.05) is 33.2 Å². The van der Waals surface area contributed by atoms with Crippen LogP contribution in [0.3, 0.4) is 0 Å². The van der Waals surface area contributed by atoms with E-state index in [4.69, 9.17) is 0 Å². The monoisotopic (exact) mass is 430 g/mol. The zero-order valence-electron chi connectivity index (χ0n) is 15.2. The highest BCUT2D eigenvalue weighted by molar-refractivity contribution is 8.93. The van der Waals surface area contributed by atoms with Gasteiger partial charge in [0.05, 0.1) is 0 Å². The van der Waals surface area contributed by atoms with Crippen LogP contribution >= 0.6 is 28.3 Å². The Hall–Kier alpha value is -0.430. The lowest BCUT2D eigenvalue weighted by atomic mass is 9.75. The van der Waals surface area contributed by atoms with Gasteiger partial charge in [-0.1, -0.05) is 25.3 Å². The van der Waals surface area contributed by atoms with Crippen LogP contribution in [0.2, 0.25) is 0 Å². The summed E-state index contributed by atoms with van der Waals surface area (Å²) >= 11 is 1.50. The van der Waals surface area contributed by atoms with Crippen LogP contribution in [0.5, 0.6) is 0 Å². The van der Waals surface area contributed by atoms with E-state index in [9.17, 15) is 9.90 Å². The molecule has 1 unspecified atom stereocenters. The molecule has 3 rings (SSSR count). The number of hydrogen-bond donors (Lipinski definition) is 1. The van der Waals surface area contributed by atoms with Crippen LogP contribution in [-0.2, 0) is 10.4 Å². The van der Waals surface area contributed by atoms with Gasteiger partial charge in [-0.05, 0) is 50.2 Å². The molecule has 2 aliphatic rings. The van der Waals surface area contributed by atoms with Crippen molar-refractivity contribution in [2.45, 2.75) is 50.5 Å². The van der Waals surface area contributed by atoms with Crippen molar-refractivity contribution in [3.8, 4) is 0 Å². The Morgan fingerprint density at radius 1 is 1.28 bits per heavy atom. The van der Waals surface area contributed by atoms with E-state index in [0.717, 1.165) is 50.2 Å². The predicted molar refractivity (Wildman–Crippen MR) is 108 cm³/mol. The number of amides is 1. The summed E-state index contributed by atoms with van der Waals surface area (Å²) in [5.41, 5.74) is -1.34. The second kappa shape index (κ2) is 9.49. The third kappa shape index (κ3) is 4.65. The number of rotatable bonds is 6. The van der Waals surface area contributed by atoms with Crippen LogP contribution < -0.4 is 0 Å². The number of likely N-dealkylation sites (N-methyl/N-ethyl adjacent to an activating group) is 1. The maximum Gasteiger partial charge on any atom is 0.260 e. The van der Waals surface area contributed by atoms with Crippen LogP contribution in [0.25, 0.3) is 0 Å². The summed E-state index contributed by atoms with van der Waals surface area (Å²) in [5.74, 6) is -0.0670. The van der Waals surface area contributed by atoms with Gasteiger partial charge in [0.1, 0.15) is 0 Å². The normalized spacial score (nSPS) is 21.5. The molecule has 1 amide bonds. The molecule has 1 saturated carbocycles. The van der Waals surface area contributed by atoms with Gasteiger partial charge in [-0.25, -0.2) is 0 Å². The van der Waals surface area contributed by atoms with Crippen molar-refractivity contribution in [1.82, 2.24) is 9.80 Å². The van der Waals surface area contributed by atoms with Crippen LogP contribution in [0.1, 0.15) is 49.8 Å². The van der Waals surface area contributed by atoms with Gasteiger partial charge in [0.25, 0.3) is 5.91 Å². The zero-order valence-corrected chi connectivity index (χ0v) is 17.7. The topological polar surface area (TPSA) is 43.8 Å². The molecule has 4 nitrogen and oxygen atoms in total. The maximum absolute atomic E-state index is 13.2. The van der Waals surface area contributed by atoms with Gasteiger partial charge in [0, 0.05) is 30.9 Å². The number of halogens is 1. The average molecular weight is 431 g/mol. The van der Waals surface area contributed by atoms with E-state index in [2.05, 4.69) is 4.90 Å². The Kier molecular flexibility index (Phi) is 7.92. The molecule has 1 saturated heterocycles. The molecule has 6 heteroatoms. The molecular weight excluding hydrogens is 400 g/mol. The van der Waals surface area contributed by atoms with Crippen molar-refractivity contribution in [1.29, 1.82) is 0 Å². The van der Waals surface area contributed by atoms with E-state index in [-0.39, 0.29) is 28.8 Å². The fourth-order valence-electron chi connectivity index (χ4n) is 4.19. The first-order chi connectivity index (χ1) is 11.6. The highest BCUT2D eigenvalue weighted by Gasteiger charge is 2.47.